The van der Waals surface area contributed by atoms with Crippen molar-refractivity contribution in [2.45, 2.75) is 45.4 Å². The van der Waals surface area contributed by atoms with Crippen molar-refractivity contribution in [3.8, 4) is 0 Å². The molecule has 80 valence electrons. The van der Waals surface area contributed by atoms with Crippen molar-refractivity contribution < 1.29 is 14.7 Å². The van der Waals surface area contributed by atoms with E-state index in [1.165, 1.54) is 13.3 Å². The molecule has 1 unspecified atom stereocenters. The summed E-state index contributed by atoms with van der Waals surface area (Å²) in [6.07, 6.45) is 5.59. The molecule has 0 aromatic rings. The largest absolute Gasteiger partial charge is 0.481 e. The molecule has 0 amide bonds. The summed E-state index contributed by atoms with van der Waals surface area (Å²) in [5.41, 5.74) is 0. The number of ketones is 1. The van der Waals surface area contributed by atoms with E-state index in [-0.39, 0.29) is 18.1 Å². The Morgan fingerprint density at radius 1 is 1.29 bits per heavy atom. The summed E-state index contributed by atoms with van der Waals surface area (Å²) in [4.78, 5) is 21.9. The zero-order valence-electron chi connectivity index (χ0n) is 8.66. The predicted molar refractivity (Wildman–Crippen MR) is 53.0 cm³/mol. The highest BCUT2D eigenvalue weighted by molar-refractivity contribution is 5.83. The van der Waals surface area contributed by atoms with Crippen LogP contribution in [0.2, 0.25) is 0 Å². The Morgan fingerprint density at radius 3 is 2.29 bits per heavy atom. The van der Waals surface area contributed by atoms with Gasteiger partial charge in [-0.2, -0.15) is 0 Å². The van der Waals surface area contributed by atoms with E-state index >= 15 is 0 Å². The van der Waals surface area contributed by atoms with Crippen LogP contribution < -0.4 is 0 Å². The van der Waals surface area contributed by atoms with Crippen molar-refractivity contribution in [2.24, 2.45) is 11.8 Å². The smallest absolute Gasteiger partial charge is 0.304 e. The fraction of sp³-hybridized carbons (Fsp3) is 0.818. The number of carboxylic acid groups (broad SMARTS) is 1. The summed E-state index contributed by atoms with van der Waals surface area (Å²) in [7, 11) is 0. The first-order chi connectivity index (χ1) is 6.61. The maximum Gasteiger partial charge on any atom is 0.304 e. The molecule has 1 aliphatic carbocycles. The van der Waals surface area contributed by atoms with Crippen molar-refractivity contribution >= 4 is 11.8 Å². The molecule has 1 fully saturated rings. The molecule has 3 nitrogen and oxygen atoms in total. The van der Waals surface area contributed by atoms with Gasteiger partial charge in [-0.3, -0.25) is 9.59 Å². The third kappa shape index (κ3) is 3.13. The molecule has 1 saturated carbocycles. The van der Waals surface area contributed by atoms with Crippen molar-refractivity contribution in [3.05, 3.63) is 0 Å². The number of hydrogen-bond acceptors (Lipinski definition) is 2. The van der Waals surface area contributed by atoms with Crippen LogP contribution in [0.15, 0.2) is 0 Å². The van der Waals surface area contributed by atoms with Gasteiger partial charge in [0.05, 0.1) is 6.42 Å². The SMILES string of the molecule is CC(=O)C(CC(=O)O)C1CCCCC1. The molecule has 0 aliphatic heterocycles. The molecule has 0 spiro atoms. The Bertz CT molecular complexity index is 217. The number of aliphatic carboxylic acids is 1. The molecule has 14 heavy (non-hydrogen) atoms. The van der Waals surface area contributed by atoms with E-state index < -0.39 is 5.97 Å². The second-order valence-electron chi connectivity index (χ2n) is 4.21. The zero-order valence-corrected chi connectivity index (χ0v) is 8.66. The first kappa shape index (κ1) is 11.2. The van der Waals surface area contributed by atoms with Gasteiger partial charge in [-0.05, 0) is 25.7 Å². The van der Waals surface area contributed by atoms with E-state index in [4.69, 9.17) is 5.11 Å². The minimum atomic E-state index is -0.851. The molecule has 0 bridgehead atoms. The molecule has 1 N–H and O–H groups in total. The summed E-state index contributed by atoms with van der Waals surface area (Å²) < 4.78 is 0. The minimum Gasteiger partial charge on any atom is -0.481 e. The summed E-state index contributed by atoms with van der Waals surface area (Å²) in [6.45, 7) is 1.52. The molecule has 1 atom stereocenters. The molecular weight excluding hydrogens is 180 g/mol. The molecule has 0 radical (unpaired) electrons. The Balaban J connectivity index is 2.56. The van der Waals surface area contributed by atoms with Gasteiger partial charge in [0.25, 0.3) is 0 Å². The molecule has 1 aliphatic rings. The predicted octanol–water partition coefficient (Wildman–Crippen LogP) is 2.25. The van der Waals surface area contributed by atoms with Gasteiger partial charge >= 0.3 is 5.97 Å². The summed E-state index contributed by atoms with van der Waals surface area (Å²) >= 11 is 0. The maximum atomic E-state index is 11.3. The average Bonchev–Trinajstić information content (AvgIpc) is 2.15. The van der Waals surface area contributed by atoms with E-state index in [0.29, 0.717) is 5.92 Å². The van der Waals surface area contributed by atoms with Crippen LogP contribution in [0.25, 0.3) is 0 Å². The number of carbonyl (C=O) groups is 2. The number of hydrogen-bond donors (Lipinski definition) is 1. The van der Waals surface area contributed by atoms with Gasteiger partial charge in [0, 0.05) is 5.92 Å². The number of Topliss-reactive ketones (excluding diaryl/α,β-unsaturated/α-hetero) is 1. The monoisotopic (exact) mass is 198 g/mol. The summed E-state index contributed by atoms with van der Waals surface area (Å²) in [6, 6.07) is 0. The van der Waals surface area contributed by atoms with E-state index in [1.807, 2.05) is 0 Å². The second-order valence-corrected chi connectivity index (χ2v) is 4.21. The van der Waals surface area contributed by atoms with E-state index in [2.05, 4.69) is 0 Å². The third-order valence-electron chi connectivity index (χ3n) is 3.14. The molecule has 1 rings (SSSR count). The molecule has 3 heteroatoms. The molecule has 0 saturated heterocycles. The van der Waals surface area contributed by atoms with Gasteiger partial charge in [-0.25, -0.2) is 0 Å². The van der Waals surface area contributed by atoms with Crippen molar-refractivity contribution in [1.29, 1.82) is 0 Å². The lowest BCUT2D eigenvalue weighted by Gasteiger charge is -2.27. The Labute approximate surface area is 84.5 Å². The highest BCUT2D eigenvalue weighted by Gasteiger charge is 2.28. The number of carboxylic acids is 1. The van der Waals surface area contributed by atoms with Crippen LogP contribution in [0, 0.1) is 11.8 Å². The topological polar surface area (TPSA) is 54.4 Å². The average molecular weight is 198 g/mol. The van der Waals surface area contributed by atoms with Crippen molar-refractivity contribution in [1.82, 2.24) is 0 Å². The Kier molecular flexibility index (Phi) is 4.11. The lowest BCUT2D eigenvalue weighted by molar-refractivity contribution is -0.141. The Hall–Kier alpha value is -0.860. The van der Waals surface area contributed by atoms with Crippen LogP contribution in [-0.4, -0.2) is 16.9 Å². The fourth-order valence-corrected chi connectivity index (χ4v) is 2.37. The van der Waals surface area contributed by atoms with Gasteiger partial charge in [0.1, 0.15) is 5.78 Å². The normalized spacial score (nSPS) is 20.4. The van der Waals surface area contributed by atoms with Gasteiger partial charge in [-0.1, -0.05) is 19.3 Å². The molecule has 0 aromatic heterocycles. The lowest BCUT2D eigenvalue weighted by atomic mass is 9.77. The Morgan fingerprint density at radius 2 is 1.86 bits per heavy atom. The van der Waals surface area contributed by atoms with Crippen LogP contribution in [0.1, 0.15) is 45.4 Å². The third-order valence-corrected chi connectivity index (χ3v) is 3.14. The van der Waals surface area contributed by atoms with Gasteiger partial charge in [0.2, 0.25) is 0 Å². The van der Waals surface area contributed by atoms with Crippen molar-refractivity contribution in [2.75, 3.05) is 0 Å². The zero-order chi connectivity index (χ0) is 10.6. The van der Waals surface area contributed by atoms with E-state index in [0.717, 1.165) is 25.7 Å². The van der Waals surface area contributed by atoms with E-state index in [9.17, 15) is 9.59 Å². The first-order valence-electron chi connectivity index (χ1n) is 5.33. The number of carbonyl (C=O) groups excluding carboxylic acids is 1. The summed E-state index contributed by atoms with van der Waals surface area (Å²) in [5, 5.41) is 8.71. The number of rotatable bonds is 4. The van der Waals surface area contributed by atoms with Gasteiger partial charge in [-0.15, -0.1) is 0 Å². The molecule has 0 heterocycles. The van der Waals surface area contributed by atoms with Gasteiger partial charge < -0.3 is 5.11 Å². The fourth-order valence-electron chi connectivity index (χ4n) is 2.37. The summed E-state index contributed by atoms with van der Waals surface area (Å²) in [5.74, 6) is -0.736. The van der Waals surface area contributed by atoms with Crippen LogP contribution >= 0.6 is 0 Å². The maximum absolute atomic E-state index is 11.3. The lowest BCUT2D eigenvalue weighted by Crippen LogP contribution is -2.26. The van der Waals surface area contributed by atoms with Crippen LogP contribution in [0.3, 0.4) is 0 Å². The highest BCUT2D eigenvalue weighted by Crippen LogP contribution is 2.32. The van der Waals surface area contributed by atoms with E-state index in [1.54, 1.807) is 0 Å². The standard InChI is InChI=1S/C11H18O3/c1-8(12)10(7-11(13)14)9-5-3-2-4-6-9/h9-10H,2-7H2,1H3,(H,13,14). The first-order valence-corrected chi connectivity index (χ1v) is 5.33. The minimum absolute atomic E-state index is 0.0139. The van der Waals surface area contributed by atoms with Crippen molar-refractivity contribution in [3.63, 3.8) is 0 Å². The second kappa shape index (κ2) is 5.13. The molecule has 0 aromatic carbocycles. The quantitative estimate of drug-likeness (QED) is 0.753. The van der Waals surface area contributed by atoms with Gasteiger partial charge in [0.15, 0.2) is 0 Å². The van der Waals surface area contributed by atoms with Crippen LogP contribution in [0.4, 0.5) is 0 Å². The van der Waals surface area contributed by atoms with Crippen LogP contribution in [0.5, 0.6) is 0 Å². The van der Waals surface area contributed by atoms with Crippen LogP contribution in [-0.2, 0) is 9.59 Å². The highest BCUT2D eigenvalue weighted by atomic mass is 16.4. The molecular formula is C11H18O3.